The number of halogens is 2. The molecule has 3 rings (SSSR count). The Morgan fingerprint density at radius 3 is 2.79 bits per heavy atom. The number of rotatable bonds is 3. The van der Waals surface area contributed by atoms with Crippen LogP contribution in [0.2, 0.25) is 5.02 Å². The molecule has 1 fully saturated rings. The van der Waals surface area contributed by atoms with E-state index >= 15 is 0 Å². The fourth-order valence-corrected chi connectivity index (χ4v) is 3.54. The van der Waals surface area contributed by atoms with Crippen molar-refractivity contribution in [2.24, 2.45) is 5.92 Å². The fourth-order valence-electron chi connectivity index (χ4n) is 3.10. The van der Waals surface area contributed by atoms with E-state index in [9.17, 15) is 0 Å². The lowest BCUT2D eigenvalue weighted by Gasteiger charge is -2.15. The monoisotopic (exact) mass is 296 g/mol. The molecule has 0 amide bonds. The molecule has 1 heterocycles. The molecule has 4 heteroatoms. The van der Waals surface area contributed by atoms with Crippen molar-refractivity contribution in [3.8, 4) is 0 Å². The second-order valence-electron chi connectivity index (χ2n) is 5.45. The summed E-state index contributed by atoms with van der Waals surface area (Å²) < 4.78 is 2.24. The molecule has 19 heavy (non-hydrogen) atoms. The first-order valence-corrected chi connectivity index (χ1v) is 7.77. The molecule has 2 aromatic rings. The Hall–Kier alpha value is -0.730. The largest absolute Gasteiger partial charge is 0.325 e. The van der Waals surface area contributed by atoms with Crippen molar-refractivity contribution in [1.29, 1.82) is 0 Å². The SMILES string of the molecule is CC(Cl)c1nc2cccc(Cl)c2n1CC1CCCC1. The summed E-state index contributed by atoms with van der Waals surface area (Å²) in [6.45, 7) is 2.97. The molecule has 0 saturated heterocycles. The highest BCUT2D eigenvalue weighted by Gasteiger charge is 2.21. The minimum absolute atomic E-state index is 0.0927. The van der Waals surface area contributed by atoms with E-state index in [-0.39, 0.29) is 5.38 Å². The number of hydrogen-bond acceptors (Lipinski definition) is 1. The van der Waals surface area contributed by atoms with Crippen molar-refractivity contribution < 1.29 is 0 Å². The van der Waals surface area contributed by atoms with Gasteiger partial charge < -0.3 is 4.57 Å². The lowest BCUT2D eigenvalue weighted by molar-refractivity contribution is 0.454. The summed E-state index contributed by atoms with van der Waals surface area (Å²) in [5.74, 6) is 1.68. The zero-order chi connectivity index (χ0) is 13.4. The minimum Gasteiger partial charge on any atom is -0.325 e. The zero-order valence-corrected chi connectivity index (χ0v) is 12.6. The molecule has 2 nitrogen and oxygen atoms in total. The predicted octanol–water partition coefficient (Wildman–Crippen LogP) is 5.18. The summed E-state index contributed by atoms with van der Waals surface area (Å²) >= 11 is 12.7. The first-order chi connectivity index (χ1) is 9.16. The fraction of sp³-hybridized carbons (Fsp3) is 0.533. The minimum atomic E-state index is -0.0927. The van der Waals surface area contributed by atoms with E-state index in [0.29, 0.717) is 0 Å². The summed E-state index contributed by atoms with van der Waals surface area (Å²) in [6, 6.07) is 5.88. The second-order valence-corrected chi connectivity index (χ2v) is 6.52. The van der Waals surface area contributed by atoms with Gasteiger partial charge in [0.25, 0.3) is 0 Å². The third-order valence-corrected chi connectivity index (χ3v) is 4.52. The smallest absolute Gasteiger partial charge is 0.127 e. The third-order valence-electron chi connectivity index (χ3n) is 4.02. The van der Waals surface area contributed by atoms with Crippen LogP contribution < -0.4 is 0 Å². The number of alkyl halides is 1. The number of imidazole rings is 1. The lowest BCUT2D eigenvalue weighted by Crippen LogP contribution is -2.11. The van der Waals surface area contributed by atoms with Gasteiger partial charge in [-0.2, -0.15) is 0 Å². The van der Waals surface area contributed by atoms with E-state index in [0.717, 1.165) is 34.3 Å². The average molecular weight is 297 g/mol. The van der Waals surface area contributed by atoms with Crippen LogP contribution in [0.5, 0.6) is 0 Å². The van der Waals surface area contributed by atoms with E-state index in [1.54, 1.807) is 0 Å². The van der Waals surface area contributed by atoms with Crippen molar-refractivity contribution in [1.82, 2.24) is 9.55 Å². The molecule has 1 aromatic carbocycles. The van der Waals surface area contributed by atoms with E-state index in [1.165, 1.54) is 25.7 Å². The summed E-state index contributed by atoms with van der Waals surface area (Å²) in [6.07, 6.45) is 5.30. The van der Waals surface area contributed by atoms with Crippen LogP contribution in [0.25, 0.3) is 11.0 Å². The van der Waals surface area contributed by atoms with Gasteiger partial charge >= 0.3 is 0 Å². The van der Waals surface area contributed by atoms with Crippen LogP contribution >= 0.6 is 23.2 Å². The van der Waals surface area contributed by atoms with Gasteiger partial charge in [0.15, 0.2) is 0 Å². The Morgan fingerprint density at radius 2 is 2.11 bits per heavy atom. The first kappa shape index (κ1) is 13.3. The summed E-state index contributed by atoms with van der Waals surface area (Å²) in [5, 5.41) is 0.677. The molecule has 0 N–H and O–H groups in total. The number of nitrogens with zero attached hydrogens (tertiary/aromatic N) is 2. The summed E-state index contributed by atoms with van der Waals surface area (Å²) in [7, 11) is 0. The number of aromatic nitrogens is 2. The molecule has 1 aromatic heterocycles. The van der Waals surface area contributed by atoms with Gasteiger partial charge in [0.2, 0.25) is 0 Å². The first-order valence-electron chi connectivity index (χ1n) is 6.95. The van der Waals surface area contributed by atoms with Crippen LogP contribution in [0.15, 0.2) is 18.2 Å². The molecule has 1 atom stereocenters. The third kappa shape index (κ3) is 2.48. The highest BCUT2D eigenvalue weighted by molar-refractivity contribution is 6.35. The van der Waals surface area contributed by atoms with Gasteiger partial charge in [-0.25, -0.2) is 4.98 Å². The van der Waals surface area contributed by atoms with E-state index in [2.05, 4.69) is 9.55 Å². The normalized spacial score (nSPS) is 18.3. The number of para-hydroxylation sites is 1. The van der Waals surface area contributed by atoms with Gasteiger partial charge in [0.05, 0.1) is 21.4 Å². The molecule has 1 saturated carbocycles. The molecule has 102 valence electrons. The molecule has 1 unspecified atom stereocenters. The Bertz CT molecular complexity index is 583. The number of fused-ring (bicyclic) bond motifs is 1. The number of hydrogen-bond donors (Lipinski definition) is 0. The second kappa shape index (κ2) is 5.34. The molecule has 0 aliphatic heterocycles. The molecule has 1 aliphatic rings. The van der Waals surface area contributed by atoms with Crippen LogP contribution in [0.1, 0.15) is 43.8 Å². The molecule has 0 bridgehead atoms. The maximum atomic E-state index is 6.36. The zero-order valence-electron chi connectivity index (χ0n) is 11.1. The Labute approximate surface area is 123 Å². The lowest BCUT2D eigenvalue weighted by atomic mass is 10.1. The van der Waals surface area contributed by atoms with Crippen molar-refractivity contribution in [2.45, 2.75) is 44.5 Å². The highest BCUT2D eigenvalue weighted by Crippen LogP contribution is 2.33. The quantitative estimate of drug-likeness (QED) is 0.714. The summed E-state index contributed by atoms with van der Waals surface area (Å²) in [4.78, 5) is 4.66. The Morgan fingerprint density at radius 1 is 1.37 bits per heavy atom. The van der Waals surface area contributed by atoms with Gasteiger partial charge in [-0.3, -0.25) is 0 Å². The molecular formula is C15H18Cl2N2. The van der Waals surface area contributed by atoms with E-state index in [1.807, 2.05) is 25.1 Å². The van der Waals surface area contributed by atoms with Crippen molar-refractivity contribution in [3.63, 3.8) is 0 Å². The van der Waals surface area contributed by atoms with Gasteiger partial charge in [0.1, 0.15) is 5.82 Å². The van der Waals surface area contributed by atoms with Gasteiger partial charge in [0, 0.05) is 6.54 Å². The van der Waals surface area contributed by atoms with Crippen LogP contribution in [-0.2, 0) is 6.54 Å². The molecule has 0 radical (unpaired) electrons. The Kier molecular flexibility index (Phi) is 3.72. The van der Waals surface area contributed by atoms with Crippen LogP contribution in [-0.4, -0.2) is 9.55 Å². The Balaban J connectivity index is 2.09. The van der Waals surface area contributed by atoms with Crippen molar-refractivity contribution in [2.75, 3.05) is 0 Å². The summed E-state index contributed by atoms with van der Waals surface area (Å²) in [5.41, 5.74) is 1.99. The molecular weight excluding hydrogens is 279 g/mol. The highest BCUT2D eigenvalue weighted by atomic mass is 35.5. The molecule has 0 spiro atoms. The average Bonchev–Trinajstić information content (AvgIpc) is 2.98. The maximum absolute atomic E-state index is 6.36. The van der Waals surface area contributed by atoms with Crippen molar-refractivity contribution in [3.05, 3.63) is 29.0 Å². The van der Waals surface area contributed by atoms with Crippen LogP contribution in [0.3, 0.4) is 0 Å². The van der Waals surface area contributed by atoms with Crippen molar-refractivity contribution >= 4 is 34.2 Å². The number of benzene rings is 1. The van der Waals surface area contributed by atoms with Crippen LogP contribution in [0.4, 0.5) is 0 Å². The molecule has 1 aliphatic carbocycles. The van der Waals surface area contributed by atoms with E-state index < -0.39 is 0 Å². The maximum Gasteiger partial charge on any atom is 0.127 e. The van der Waals surface area contributed by atoms with E-state index in [4.69, 9.17) is 23.2 Å². The van der Waals surface area contributed by atoms with Gasteiger partial charge in [-0.05, 0) is 37.8 Å². The topological polar surface area (TPSA) is 17.8 Å². The van der Waals surface area contributed by atoms with Crippen LogP contribution in [0, 0.1) is 5.92 Å². The van der Waals surface area contributed by atoms with Gasteiger partial charge in [-0.15, -0.1) is 11.6 Å². The standard InChI is InChI=1S/C15H18Cl2N2/c1-10(16)15-18-13-8-4-7-12(17)14(13)19(15)9-11-5-2-3-6-11/h4,7-8,10-11H,2-3,5-6,9H2,1H3. The predicted molar refractivity (Wildman–Crippen MR) is 81.0 cm³/mol. The van der Waals surface area contributed by atoms with Gasteiger partial charge in [-0.1, -0.05) is 30.5 Å².